The molecular weight excluding hydrogens is 324 g/mol. The molecule has 5 nitrogen and oxygen atoms in total. The van der Waals surface area contributed by atoms with Crippen LogP contribution in [0.2, 0.25) is 5.02 Å². The Morgan fingerprint density at radius 1 is 1.17 bits per heavy atom. The van der Waals surface area contributed by atoms with Crippen molar-refractivity contribution in [3.05, 3.63) is 76.3 Å². The zero-order valence-corrected chi connectivity index (χ0v) is 14.2. The number of halogens is 1. The van der Waals surface area contributed by atoms with Gasteiger partial charge in [0, 0.05) is 11.2 Å². The average Bonchev–Trinajstić information content (AvgIpc) is 2.85. The summed E-state index contributed by atoms with van der Waals surface area (Å²) in [6, 6.07) is 12.9. The average molecular weight is 341 g/mol. The molecule has 24 heavy (non-hydrogen) atoms. The smallest absolute Gasteiger partial charge is 0.274 e. The van der Waals surface area contributed by atoms with E-state index < -0.39 is 0 Å². The van der Waals surface area contributed by atoms with Crippen LogP contribution in [0.25, 0.3) is 0 Å². The van der Waals surface area contributed by atoms with E-state index in [-0.39, 0.29) is 5.91 Å². The monoisotopic (exact) mass is 340 g/mol. The van der Waals surface area contributed by atoms with Gasteiger partial charge in [-0.3, -0.25) is 14.5 Å². The molecule has 0 unspecified atom stereocenters. The number of aromatic nitrogens is 3. The van der Waals surface area contributed by atoms with Crippen LogP contribution in [-0.2, 0) is 6.54 Å². The molecule has 0 bridgehead atoms. The molecule has 0 atom stereocenters. The molecule has 1 amide bonds. The number of nitrogens with zero attached hydrogens (tertiary/aromatic N) is 3. The van der Waals surface area contributed by atoms with Gasteiger partial charge < -0.3 is 5.32 Å². The molecule has 2 aromatic heterocycles. The third-order valence-corrected chi connectivity index (χ3v) is 4.02. The maximum atomic E-state index is 12.3. The van der Waals surface area contributed by atoms with Gasteiger partial charge in [-0.05, 0) is 43.7 Å². The number of aryl methyl sites for hydroxylation is 1. The molecule has 0 aliphatic rings. The number of carbonyl (C=O) groups excluding carboxylic acids is 1. The van der Waals surface area contributed by atoms with Crippen molar-refractivity contribution in [2.45, 2.75) is 20.4 Å². The predicted octanol–water partition coefficient (Wildman–Crippen LogP) is 3.85. The van der Waals surface area contributed by atoms with Crippen LogP contribution in [0.1, 0.15) is 27.4 Å². The third-order valence-electron chi connectivity index (χ3n) is 3.76. The summed E-state index contributed by atoms with van der Waals surface area (Å²) in [4.78, 5) is 16.4. The first-order chi connectivity index (χ1) is 11.5. The maximum absolute atomic E-state index is 12.3. The van der Waals surface area contributed by atoms with Gasteiger partial charge in [-0.2, -0.15) is 5.10 Å². The van der Waals surface area contributed by atoms with E-state index in [4.69, 9.17) is 11.6 Å². The van der Waals surface area contributed by atoms with Crippen LogP contribution in [0.4, 0.5) is 5.69 Å². The van der Waals surface area contributed by atoms with Gasteiger partial charge in [0.15, 0.2) is 0 Å². The number of amides is 1. The van der Waals surface area contributed by atoms with Crippen molar-refractivity contribution in [2.24, 2.45) is 0 Å². The third kappa shape index (κ3) is 3.46. The highest BCUT2D eigenvalue weighted by Crippen LogP contribution is 2.21. The first kappa shape index (κ1) is 16.2. The molecule has 0 saturated carbocycles. The number of benzene rings is 1. The normalized spacial score (nSPS) is 10.6. The van der Waals surface area contributed by atoms with E-state index in [0.29, 0.717) is 17.3 Å². The van der Waals surface area contributed by atoms with Crippen molar-refractivity contribution in [2.75, 3.05) is 5.32 Å². The fraction of sp³-hybridized carbons (Fsp3) is 0.167. The van der Waals surface area contributed by atoms with Gasteiger partial charge in [-0.25, -0.2) is 0 Å². The van der Waals surface area contributed by atoms with Crippen molar-refractivity contribution in [3.63, 3.8) is 0 Å². The van der Waals surface area contributed by atoms with Gasteiger partial charge in [0.05, 0.1) is 23.6 Å². The first-order valence-electron chi connectivity index (χ1n) is 7.55. The van der Waals surface area contributed by atoms with Crippen molar-refractivity contribution in [1.29, 1.82) is 0 Å². The van der Waals surface area contributed by atoms with Gasteiger partial charge in [0.25, 0.3) is 5.91 Å². The lowest BCUT2D eigenvalue weighted by molar-refractivity contribution is 0.102. The van der Waals surface area contributed by atoms with E-state index in [1.165, 1.54) is 0 Å². The molecule has 0 radical (unpaired) electrons. The number of hydrogen-bond acceptors (Lipinski definition) is 3. The van der Waals surface area contributed by atoms with Gasteiger partial charge in [-0.15, -0.1) is 0 Å². The Bertz CT molecular complexity index is 857. The van der Waals surface area contributed by atoms with Crippen molar-refractivity contribution >= 4 is 23.2 Å². The van der Waals surface area contributed by atoms with Crippen molar-refractivity contribution in [1.82, 2.24) is 14.8 Å². The van der Waals surface area contributed by atoms with Crippen LogP contribution in [-0.4, -0.2) is 20.7 Å². The van der Waals surface area contributed by atoms with E-state index in [1.807, 2.05) is 42.8 Å². The SMILES string of the molecule is Cc1nn(Cc2ccc(Cl)cc2)c(C)c1NC(=O)c1ccccn1. The fourth-order valence-corrected chi connectivity index (χ4v) is 2.60. The van der Waals surface area contributed by atoms with Crippen LogP contribution in [0.15, 0.2) is 48.7 Å². The van der Waals surface area contributed by atoms with Crippen LogP contribution >= 0.6 is 11.6 Å². The summed E-state index contributed by atoms with van der Waals surface area (Å²) in [5.41, 5.74) is 3.85. The summed E-state index contributed by atoms with van der Waals surface area (Å²) in [5, 5.41) is 8.13. The quantitative estimate of drug-likeness (QED) is 0.784. The molecule has 0 saturated heterocycles. The van der Waals surface area contributed by atoms with E-state index in [0.717, 1.165) is 22.6 Å². The van der Waals surface area contributed by atoms with Gasteiger partial charge in [0.2, 0.25) is 0 Å². The fourth-order valence-electron chi connectivity index (χ4n) is 2.47. The molecule has 6 heteroatoms. The molecule has 1 N–H and O–H groups in total. The molecule has 0 aliphatic heterocycles. The highest BCUT2D eigenvalue weighted by molar-refractivity contribution is 6.30. The molecule has 0 aliphatic carbocycles. The largest absolute Gasteiger partial charge is 0.317 e. The molecular formula is C18H17ClN4O. The zero-order chi connectivity index (χ0) is 17.1. The standard InChI is InChI=1S/C18H17ClN4O/c1-12-17(21-18(24)16-5-3-4-10-20-16)13(2)23(22-12)11-14-6-8-15(19)9-7-14/h3-10H,11H2,1-2H3,(H,21,24). The Morgan fingerprint density at radius 3 is 2.58 bits per heavy atom. The molecule has 0 spiro atoms. The van der Waals surface area contributed by atoms with E-state index in [1.54, 1.807) is 24.4 Å². The lowest BCUT2D eigenvalue weighted by Gasteiger charge is -2.07. The van der Waals surface area contributed by atoms with Crippen LogP contribution in [0.3, 0.4) is 0 Å². The Balaban J connectivity index is 1.81. The Morgan fingerprint density at radius 2 is 1.92 bits per heavy atom. The topological polar surface area (TPSA) is 59.8 Å². The second-order valence-corrected chi connectivity index (χ2v) is 5.94. The molecule has 3 rings (SSSR count). The first-order valence-corrected chi connectivity index (χ1v) is 7.93. The molecule has 3 aromatic rings. The number of pyridine rings is 1. The van der Waals surface area contributed by atoms with Gasteiger partial charge in [-0.1, -0.05) is 29.8 Å². The molecule has 1 aromatic carbocycles. The number of hydrogen-bond donors (Lipinski definition) is 1. The van der Waals surface area contributed by atoms with Crippen LogP contribution in [0, 0.1) is 13.8 Å². The minimum Gasteiger partial charge on any atom is -0.317 e. The minimum absolute atomic E-state index is 0.243. The molecule has 122 valence electrons. The number of anilines is 1. The Hall–Kier alpha value is -2.66. The van der Waals surface area contributed by atoms with Crippen molar-refractivity contribution < 1.29 is 4.79 Å². The van der Waals surface area contributed by atoms with Crippen LogP contribution in [0.5, 0.6) is 0 Å². The van der Waals surface area contributed by atoms with Gasteiger partial charge >= 0.3 is 0 Å². The minimum atomic E-state index is -0.243. The lowest BCUT2D eigenvalue weighted by Crippen LogP contribution is -2.14. The van der Waals surface area contributed by atoms with Crippen LogP contribution < -0.4 is 5.32 Å². The maximum Gasteiger partial charge on any atom is 0.274 e. The Kier molecular flexibility index (Phi) is 4.62. The summed E-state index contributed by atoms with van der Waals surface area (Å²) < 4.78 is 1.87. The van der Waals surface area contributed by atoms with E-state index in [9.17, 15) is 4.79 Å². The molecule has 2 heterocycles. The number of rotatable bonds is 4. The zero-order valence-electron chi connectivity index (χ0n) is 13.5. The summed E-state index contributed by atoms with van der Waals surface area (Å²) in [7, 11) is 0. The van der Waals surface area contributed by atoms with Gasteiger partial charge in [0.1, 0.15) is 5.69 Å². The Labute approximate surface area is 145 Å². The summed E-state index contributed by atoms with van der Waals surface area (Å²) in [6.07, 6.45) is 1.60. The summed E-state index contributed by atoms with van der Waals surface area (Å²) in [5.74, 6) is -0.243. The second-order valence-electron chi connectivity index (χ2n) is 5.50. The summed E-state index contributed by atoms with van der Waals surface area (Å²) >= 11 is 5.91. The highest BCUT2D eigenvalue weighted by atomic mass is 35.5. The second kappa shape index (κ2) is 6.84. The summed E-state index contributed by atoms with van der Waals surface area (Å²) in [6.45, 7) is 4.42. The molecule has 0 fully saturated rings. The number of nitrogens with one attached hydrogen (secondary N) is 1. The van der Waals surface area contributed by atoms with Crippen molar-refractivity contribution in [3.8, 4) is 0 Å². The highest BCUT2D eigenvalue weighted by Gasteiger charge is 2.16. The van der Waals surface area contributed by atoms with E-state index >= 15 is 0 Å². The lowest BCUT2D eigenvalue weighted by atomic mass is 10.2. The van der Waals surface area contributed by atoms with E-state index in [2.05, 4.69) is 15.4 Å². The number of carbonyl (C=O) groups is 1. The predicted molar refractivity (Wildman–Crippen MR) is 94.4 cm³/mol.